The normalized spacial score (nSPS) is 17.3. The molecule has 6 heteroatoms. The van der Waals surface area contributed by atoms with Crippen LogP contribution < -0.4 is 10.2 Å². The molecular weight excluding hydrogens is 380 g/mol. The number of nitrogens with zero attached hydrogens (tertiary/aromatic N) is 1. The summed E-state index contributed by atoms with van der Waals surface area (Å²) >= 11 is 0. The Morgan fingerprint density at radius 1 is 1.13 bits per heavy atom. The monoisotopic (exact) mass is 408 g/mol. The van der Waals surface area contributed by atoms with Crippen LogP contribution in [0.25, 0.3) is 0 Å². The van der Waals surface area contributed by atoms with E-state index in [0.29, 0.717) is 39.0 Å². The van der Waals surface area contributed by atoms with Crippen molar-refractivity contribution in [3.63, 3.8) is 0 Å². The van der Waals surface area contributed by atoms with E-state index in [4.69, 9.17) is 9.47 Å². The molecule has 0 spiro atoms. The lowest BCUT2D eigenvalue weighted by molar-refractivity contribution is -0.170. The number of benzene rings is 2. The van der Waals surface area contributed by atoms with Crippen molar-refractivity contribution in [1.82, 2.24) is 5.32 Å². The van der Waals surface area contributed by atoms with Gasteiger partial charge < -0.3 is 19.7 Å². The standard InChI is InChI=1S/C24H28N2O4/c1-17-3-5-18(6-4-17)7-10-22(27)25-12-11-24(29-13-14-30-24)20-8-9-21-19(15-20)16-23(28)26(21)2/h3-6,8-9,15H,7,10-14,16H2,1-2H3,(H,25,27). The summed E-state index contributed by atoms with van der Waals surface area (Å²) in [7, 11) is 1.79. The van der Waals surface area contributed by atoms with Crippen molar-refractivity contribution in [2.24, 2.45) is 0 Å². The number of hydrogen-bond donors (Lipinski definition) is 1. The van der Waals surface area contributed by atoms with Gasteiger partial charge in [-0.05, 0) is 36.6 Å². The number of carbonyl (C=O) groups is 2. The molecule has 1 saturated heterocycles. The van der Waals surface area contributed by atoms with Crippen LogP contribution in [0.15, 0.2) is 42.5 Å². The van der Waals surface area contributed by atoms with E-state index >= 15 is 0 Å². The third kappa shape index (κ3) is 4.25. The molecule has 1 N–H and O–H groups in total. The van der Waals surface area contributed by atoms with Gasteiger partial charge in [0.05, 0.1) is 19.6 Å². The average molecular weight is 408 g/mol. The van der Waals surface area contributed by atoms with Gasteiger partial charge in [0.25, 0.3) is 0 Å². The first-order valence-electron chi connectivity index (χ1n) is 10.5. The number of carbonyl (C=O) groups excluding carboxylic acids is 2. The molecule has 2 aliphatic rings. The van der Waals surface area contributed by atoms with Crippen LogP contribution in [0.1, 0.15) is 35.1 Å². The molecule has 1 fully saturated rings. The van der Waals surface area contributed by atoms with E-state index < -0.39 is 5.79 Å². The Labute approximate surface area is 177 Å². The Bertz CT molecular complexity index is 933. The third-order valence-electron chi connectivity index (χ3n) is 5.89. The molecule has 2 aromatic carbocycles. The first-order valence-corrected chi connectivity index (χ1v) is 10.5. The molecule has 2 heterocycles. The van der Waals surface area contributed by atoms with Crippen LogP contribution in [0.4, 0.5) is 5.69 Å². The SMILES string of the molecule is Cc1ccc(CCC(=O)NCCC2(c3ccc4c(c3)CC(=O)N4C)OCCO2)cc1. The fourth-order valence-electron chi connectivity index (χ4n) is 4.08. The van der Waals surface area contributed by atoms with Crippen LogP contribution in [0.2, 0.25) is 0 Å². The Hall–Kier alpha value is -2.70. The molecule has 0 unspecified atom stereocenters. The summed E-state index contributed by atoms with van der Waals surface area (Å²) in [6.07, 6.45) is 2.08. The molecule has 2 aromatic rings. The van der Waals surface area contributed by atoms with Crippen molar-refractivity contribution in [2.45, 2.75) is 38.4 Å². The molecule has 0 aliphatic carbocycles. The van der Waals surface area contributed by atoms with Gasteiger partial charge in [-0.2, -0.15) is 0 Å². The summed E-state index contributed by atoms with van der Waals surface area (Å²) in [5.41, 5.74) is 5.19. The number of hydrogen-bond acceptors (Lipinski definition) is 4. The highest BCUT2D eigenvalue weighted by Gasteiger charge is 2.39. The highest BCUT2D eigenvalue weighted by atomic mass is 16.7. The van der Waals surface area contributed by atoms with Gasteiger partial charge in [-0.15, -0.1) is 0 Å². The molecule has 0 radical (unpaired) electrons. The van der Waals surface area contributed by atoms with E-state index in [9.17, 15) is 9.59 Å². The van der Waals surface area contributed by atoms with Gasteiger partial charge >= 0.3 is 0 Å². The second-order valence-corrected chi connectivity index (χ2v) is 8.01. The largest absolute Gasteiger partial charge is 0.356 e. The topological polar surface area (TPSA) is 67.9 Å². The van der Waals surface area contributed by atoms with Gasteiger partial charge in [0.1, 0.15) is 0 Å². The lowest BCUT2D eigenvalue weighted by atomic mass is 9.98. The molecule has 0 saturated carbocycles. The summed E-state index contributed by atoms with van der Waals surface area (Å²) in [6.45, 7) is 3.54. The molecule has 2 aliphatic heterocycles. The predicted octanol–water partition coefficient (Wildman–Crippen LogP) is 2.85. The lowest BCUT2D eigenvalue weighted by Gasteiger charge is -2.28. The predicted molar refractivity (Wildman–Crippen MR) is 114 cm³/mol. The van der Waals surface area contributed by atoms with E-state index in [-0.39, 0.29) is 11.8 Å². The molecule has 30 heavy (non-hydrogen) atoms. The van der Waals surface area contributed by atoms with E-state index in [1.165, 1.54) is 5.56 Å². The molecule has 4 rings (SSSR count). The summed E-state index contributed by atoms with van der Waals surface area (Å²) in [4.78, 5) is 26.0. The smallest absolute Gasteiger partial charge is 0.231 e. The zero-order valence-corrected chi connectivity index (χ0v) is 17.6. The number of amides is 2. The zero-order valence-electron chi connectivity index (χ0n) is 17.6. The molecule has 0 aromatic heterocycles. The van der Waals surface area contributed by atoms with Gasteiger partial charge in [0.2, 0.25) is 11.8 Å². The maximum Gasteiger partial charge on any atom is 0.231 e. The number of nitrogens with one attached hydrogen (secondary N) is 1. The van der Waals surface area contributed by atoms with E-state index in [2.05, 4.69) is 36.5 Å². The second-order valence-electron chi connectivity index (χ2n) is 8.01. The van der Waals surface area contributed by atoms with Crippen molar-refractivity contribution < 1.29 is 19.1 Å². The van der Waals surface area contributed by atoms with Crippen molar-refractivity contribution in [3.05, 3.63) is 64.7 Å². The molecule has 6 nitrogen and oxygen atoms in total. The fourth-order valence-corrected chi connectivity index (χ4v) is 4.08. The maximum absolute atomic E-state index is 12.3. The summed E-state index contributed by atoms with van der Waals surface area (Å²) in [6, 6.07) is 14.2. The summed E-state index contributed by atoms with van der Waals surface area (Å²) in [5.74, 6) is -0.765. The summed E-state index contributed by atoms with van der Waals surface area (Å²) < 4.78 is 12.0. The second kappa shape index (κ2) is 8.58. The van der Waals surface area contributed by atoms with E-state index in [0.717, 1.165) is 28.8 Å². The van der Waals surface area contributed by atoms with Crippen molar-refractivity contribution >= 4 is 17.5 Å². The quantitative estimate of drug-likeness (QED) is 0.765. The van der Waals surface area contributed by atoms with Crippen LogP contribution in [0.5, 0.6) is 0 Å². The van der Waals surface area contributed by atoms with Crippen LogP contribution in [0, 0.1) is 6.92 Å². The molecule has 0 bridgehead atoms. The van der Waals surface area contributed by atoms with Crippen molar-refractivity contribution in [3.8, 4) is 0 Å². The third-order valence-corrected chi connectivity index (χ3v) is 5.89. The van der Waals surface area contributed by atoms with Crippen LogP contribution in [-0.2, 0) is 37.7 Å². The lowest BCUT2D eigenvalue weighted by Crippen LogP contribution is -2.34. The Kier molecular flexibility index (Phi) is 5.88. The molecular formula is C24H28N2O4. The Morgan fingerprint density at radius 2 is 1.87 bits per heavy atom. The zero-order chi connectivity index (χ0) is 21.1. The van der Waals surface area contributed by atoms with E-state index in [1.54, 1.807) is 11.9 Å². The highest BCUT2D eigenvalue weighted by molar-refractivity contribution is 6.00. The van der Waals surface area contributed by atoms with Crippen LogP contribution >= 0.6 is 0 Å². The number of rotatable bonds is 7. The first-order chi connectivity index (χ1) is 14.5. The number of fused-ring (bicyclic) bond motifs is 1. The minimum Gasteiger partial charge on any atom is -0.356 e. The van der Waals surface area contributed by atoms with Gasteiger partial charge in [-0.3, -0.25) is 9.59 Å². The Balaban J connectivity index is 1.35. The minimum atomic E-state index is -0.872. The van der Waals surface area contributed by atoms with Gasteiger partial charge in [-0.25, -0.2) is 0 Å². The first kappa shape index (κ1) is 20.6. The average Bonchev–Trinajstić information content (AvgIpc) is 3.33. The highest BCUT2D eigenvalue weighted by Crippen LogP contribution is 2.38. The van der Waals surface area contributed by atoms with Gasteiger partial charge in [-0.1, -0.05) is 35.9 Å². The minimum absolute atomic E-state index is 0.0184. The van der Waals surface area contributed by atoms with Crippen LogP contribution in [0.3, 0.4) is 0 Å². The summed E-state index contributed by atoms with van der Waals surface area (Å²) in [5, 5.41) is 2.99. The van der Waals surface area contributed by atoms with Gasteiger partial charge in [0.15, 0.2) is 5.79 Å². The van der Waals surface area contributed by atoms with Crippen molar-refractivity contribution in [1.29, 1.82) is 0 Å². The van der Waals surface area contributed by atoms with E-state index in [1.807, 2.05) is 18.2 Å². The number of aryl methyl sites for hydroxylation is 2. The number of anilines is 1. The van der Waals surface area contributed by atoms with Crippen LogP contribution in [-0.4, -0.2) is 38.6 Å². The fraction of sp³-hybridized carbons (Fsp3) is 0.417. The molecule has 158 valence electrons. The van der Waals surface area contributed by atoms with Crippen molar-refractivity contribution in [2.75, 3.05) is 31.7 Å². The Morgan fingerprint density at radius 3 is 2.60 bits per heavy atom. The van der Waals surface area contributed by atoms with Gasteiger partial charge in [0, 0.05) is 37.7 Å². The maximum atomic E-state index is 12.3. The molecule has 0 atom stereocenters. The number of likely N-dealkylation sites (N-methyl/N-ethyl adjacent to an activating group) is 1. The molecule has 2 amide bonds. The number of ether oxygens (including phenoxy) is 2.